The summed E-state index contributed by atoms with van der Waals surface area (Å²) in [5, 5.41) is 14.3. The molecule has 0 aliphatic carbocycles. The fraction of sp³-hybridized carbons (Fsp3) is 0.300. The van der Waals surface area contributed by atoms with Gasteiger partial charge in [0.25, 0.3) is 5.69 Å². The zero-order chi connectivity index (χ0) is 20.9. The van der Waals surface area contributed by atoms with E-state index in [0.717, 1.165) is 5.56 Å². The lowest BCUT2D eigenvalue weighted by atomic mass is 9.87. The Labute approximate surface area is 163 Å². The predicted octanol–water partition coefficient (Wildman–Crippen LogP) is 3.52. The Morgan fingerprint density at radius 2 is 1.82 bits per heavy atom. The Bertz CT molecular complexity index is 885. The van der Waals surface area contributed by atoms with E-state index < -0.39 is 17.0 Å². The number of rotatable bonds is 6. The van der Waals surface area contributed by atoms with Crippen LogP contribution in [0.2, 0.25) is 0 Å². The molecule has 28 heavy (non-hydrogen) atoms. The van der Waals surface area contributed by atoms with Crippen LogP contribution in [0.5, 0.6) is 5.75 Å². The highest BCUT2D eigenvalue weighted by Gasteiger charge is 2.19. The van der Waals surface area contributed by atoms with Crippen molar-refractivity contribution < 1.29 is 19.3 Å². The lowest BCUT2D eigenvalue weighted by Gasteiger charge is -2.19. The molecule has 0 unspecified atom stereocenters. The van der Waals surface area contributed by atoms with E-state index in [1.54, 1.807) is 12.1 Å². The molecule has 0 heterocycles. The third kappa shape index (κ3) is 5.54. The first kappa shape index (κ1) is 20.9. The van der Waals surface area contributed by atoms with Crippen LogP contribution in [-0.2, 0) is 15.0 Å². The standard InChI is InChI=1S/C20H23N3O5/c1-13(27-17-10-8-15(9-11-17)20(2,3)4)19(24)28-22-18(21)14-6-5-7-16(12-14)23(25)26/h5-13H,1-4H3,(H2,21,22)/t13-/m1/s1. The van der Waals surface area contributed by atoms with Gasteiger partial charge in [-0.2, -0.15) is 0 Å². The van der Waals surface area contributed by atoms with Gasteiger partial charge in [-0.15, -0.1) is 0 Å². The van der Waals surface area contributed by atoms with E-state index in [0.29, 0.717) is 5.75 Å². The highest BCUT2D eigenvalue weighted by molar-refractivity contribution is 5.98. The minimum absolute atomic E-state index is 0.0157. The SMILES string of the molecule is C[C@@H](Oc1ccc(C(C)(C)C)cc1)C(=O)O/N=C(/N)c1cccc([N+](=O)[O-])c1. The Balaban J connectivity index is 1.99. The van der Waals surface area contributed by atoms with E-state index in [-0.39, 0.29) is 22.5 Å². The number of amidine groups is 1. The number of non-ortho nitro benzene ring substituents is 1. The van der Waals surface area contributed by atoms with Crippen LogP contribution in [0.4, 0.5) is 5.69 Å². The largest absolute Gasteiger partial charge is 0.479 e. The average molecular weight is 385 g/mol. The number of nitrogens with two attached hydrogens (primary N) is 1. The van der Waals surface area contributed by atoms with Crippen molar-refractivity contribution in [1.82, 2.24) is 0 Å². The fourth-order valence-corrected chi connectivity index (χ4v) is 2.29. The third-order valence-corrected chi connectivity index (χ3v) is 3.95. The molecular formula is C20H23N3O5. The molecule has 0 aliphatic heterocycles. The van der Waals surface area contributed by atoms with E-state index in [1.165, 1.54) is 31.2 Å². The maximum absolute atomic E-state index is 12.1. The number of nitrogens with zero attached hydrogens (tertiary/aromatic N) is 2. The highest BCUT2D eigenvalue weighted by atomic mass is 16.7. The van der Waals surface area contributed by atoms with Crippen LogP contribution < -0.4 is 10.5 Å². The molecule has 2 aromatic rings. The van der Waals surface area contributed by atoms with E-state index in [2.05, 4.69) is 25.9 Å². The monoisotopic (exact) mass is 385 g/mol. The first-order valence-corrected chi connectivity index (χ1v) is 8.64. The predicted molar refractivity (Wildman–Crippen MR) is 105 cm³/mol. The molecule has 0 saturated carbocycles. The third-order valence-electron chi connectivity index (χ3n) is 3.95. The van der Waals surface area contributed by atoms with Crippen LogP contribution in [-0.4, -0.2) is 22.8 Å². The Kier molecular flexibility index (Phi) is 6.35. The van der Waals surface area contributed by atoms with E-state index in [9.17, 15) is 14.9 Å². The van der Waals surface area contributed by atoms with Crippen LogP contribution in [0.25, 0.3) is 0 Å². The number of carbonyl (C=O) groups excluding carboxylic acids is 1. The molecule has 2 aromatic carbocycles. The summed E-state index contributed by atoms with van der Waals surface area (Å²) < 4.78 is 5.56. The first-order chi connectivity index (χ1) is 13.1. The zero-order valence-corrected chi connectivity index (χ0v) is 16.2. The van der Waals surface area contributed by atoms with Gasteiger partial charge in [-0.3, -0.25) is 10.1 Å². The van der Waals surface area contributed by atoms with E-state index >= 15 is 0 Å². The molecule has 0 saturated heterocycles. The molecule has 2 N–H and O–H groups in total. The number of nitro groups is 1. The van der Waals surface area contributed by atoms with Crippen molar-refractivity contribution in [3.05, 3.63) is 69.8 Å². The fourth-order valence-electron chi connectivity index (χ4n) is 2.29. The van der Waals surface area contributed by atoms with Gasteiger partial charge in [-0.1, -0.05) is 50.2 Å². The number of hydrogen-bond donors (Lipinski definition) is 1. The summed E-state index contributed by atoms with van der Waals surface area (Å²) >= 11 is 0. The first-order valence-electron chi connectivity index (χ1n) is 8.64. The van der Waals surface area contributed by atoms with Crippen LogP contribution in [0.3, 0.4) is 0 Å². The van der Waals surface area contributed by atoms with Crippen LogP contribution in [0.1, 0.15) is 38.8 Å². The van der Waals surface area contributed by atoms with Crippen molar-refractivity contribution in [3.8, 4) is 5.75 Å². The number of hydrogen-bond acceptors (Lipinski definition) is 6. The number of nitro benzene ring substituents is 1. The number of benzene rings is 2. The van der Waals surface area contributed by atoms with Gasteiger partial charge in [-0.25, -0.2) is 4.79 Å². The van der Waals surface area contributed by atoms with Crippen molar-refractivity contribution in [2.75, 3.05) is 0 Å². The van der Waals surface area contributed by atoms with E-state index in [1.807, 2.05) is 12.1 Å². The second kappa shape index (κ2) is 8.51. The molecule has 1 atom stereocenters. The molecule has 0 spiro atoms. The average Bonchev–Trinajstić information content (AvgIpc) is 2.65. The minimum Gasteiger partial charge on any atom is -0.479 e. The van der Waals surface area contributed by atoms with Crippen molar-refractivity contribution in [2.45, 2.75) is 39.2 Å². The molecule has 0 aromatic heterocycles. The molecule has 148 valence electrons. The summed E-state index contributed by atoms with van der Waals surface area (Å²) in [5.74, 6) is -0.375. The van der Waals surface area contributed by atoms with Gasteiger partial charge in [0.05, 0.1) is 4.92 Å². The normalized spacial score (nSPS) is 12.9. The van der Waals surface area contributed by atoms with Crippen molar-refractivity contribution >= 4 is 17.5 Å². The zero-order valence-electron chi connectivity index (χ0n) is 16.2. The van der Waals surface area contributed by atoms with Gasteiger partial charge in [0.2, 0.25) is 0 Å². The Morgan fingerprint density at radius 3 is 2.39 bits per heavy atom. The van der Waals surface area contributed by atoms with E-state index in [4.69, 9.17) is 15.3 Å². The van der Waals surface area contributed by atoms with Crippen molar-refractivity contribution in [1.29, 1.82) is 0 Å². The van der Waals surface area contributed by atoms with Crippen molar-refractivity contribution in [2.24, 2.45) is 10.9 Å². The molecule has 0 fully saturated rings. The number of carbonyl (C=O) groups is 1. The van der Waals surface area contributed by atoms with Gasteiger partial charge >= 0.3 is 5.97 Å². The summed E-state index contributed by atoms with van der Waals surface area (Å²) in [6.07, 6.45) is -0.915. The van der Waals surface area contributed by atoms with Crippen LogP contribution in [0, 0.1) is 10.1 Å². The molecule has 0 amide bonds. The second-order valence-corrected chi connectivity index (χ2v) is 7.23. The summed E-state index contributed by atoms with van der Waals surface area (Å²) in [5.41, 5.74) is 7.02. The highest BCUT2D eigenvalue weighted by Crippen LogP contribution is 2.24. The van der Waals surface area contributed by atoms with Gasteiger partial charge in [-0.05, 0) is 30.0 Å². The smallest absolute Gasteiger partial charge is 0.374 e. The van der Waals surface area contributed by atoms with Crippen molar-refractivity contribution in [3.63, 3.8) is 0 Å². The quantitative estimate of drug-likeness (QED) is 0.267. The Hall–Kier alpha value is -3.42. The summed E-state index contributed by atoms with van der Waals surface area (Å²) in [4.78, 5) is 27.1. The maximum Gasteiger partial charge on any atom is 0.374 e. The molecule has 8 heteroatoms. The molecule has 2 rings (SSSR count). The molecular weight excluding hydrogens is 362 g/mol. The minimum atomic E-state index is -0.915. The topological polar surface area (TPSA) is 117 Å². The lowest BCUT2D eigenvalue weighted by molar-refractivity contribution is -0.384. The van der Waals surface area contributed by atoms with Gasteiger partial charge in [0, 0.05) is 17.7 Å². The van der Waals surface area contributed by atoms with Crippen LogP contribution >= 0.6 is 0 Å². The maximum atomic E-state index is 12.1. The number of ether oxygens (including phenoxy) is 1. The van der Waals surface area contributed by atoms with Crippen LogP contribution in [0.15, 0.2) is 53.7 Å². The summed E-state index contributed by atoms with van der Waals surface area (Å²) in [7, 11) is 0. The molecule has 0 bridgehead atoms. The van der Waals surface area contributed by atoms with Gasteiger partial charge in [0.15, 0.2) is 11.9 Å². The summed E-state index contributed by atoms with van der Waals surface area (Å²) in [6, 6.07) is 13.0. The molecule has 0 aliphatic rings. The lowest BCUT2D eigenvalue weighted by Crippen LogP contribution is -2.26. The van der Waals surface area contributed by atoms with Gasteiger partial charge in [0.1, 0.15) is 5.75 Å². The molecule has 8 nitrogen and oxygen atoms in total. The molecule has 0 radical (unpaired) electrons. The van der Waals surface area contributed by atoms with Gasteiger partial charge < -0.3 is 15.3 Å². The number of oxime groups is 1. The summed E-state index contributed by atoms with van der Waals surface area (Å²) in [6.45, 7) is 7.84. The Morgan fingerprint density at radius 1 is 1.18 bits per heavy atom. The second-order valence-electron chi connectivity index (χ2n) is 7.23.